The van der Waals surface area contributed by atoms with E-state index in [4.69, 9.17) is 11.0 Å². The molecule has 0 aliphatic carbocycles. The zero-order valence-corrected chi connectivity index (χ0v) is 13.6. The molecule has 0 bridgehead atoms. The minimum atomic E-state index is -0.403. The number of hydrogen-bond acceptors (Lipinski definition) is 7. The quantitative estimate of drug-likeness (QED) is 0.420. The van der Waals surface area contributed by atoms with E-state index in [1.165, 1.54) is 0 Å². The molecule has 6 atom stereocenters. The third-order valence-electron chi connectivity index (χ3n) is 5.29. The Morgan fingerprint density at radius 2 is 2.30 bits per heavy atom. The Labute approximate surface area is 137 Å². The number of carbonyl (C=O) groups excluding carboxylic acids is 1. The van der Waals surface area contributed by atoms with Crippen LogP contribution in [0.4, 0.5) is 0 Å². The number of fused-ring (bicyclic) bond motifs is 1. The van der Waals surface area contributed by atoms with E-state index in [0.29, 0.717) is 12.3 Å². The van der Waals surface area contributed by atoms with E-state index in [9.17, 15) is 4.79 Å². The highest BCUT2D eigenvalue weighted by Crippen LogP contribution is 2.24. The molecule has 0 aromatic carbocycles. The van der Waals surface area contributed by atoms with Crippen LogP contribution in [0.2, 0.25) is 0 Å². The summed E-state index contributed by atoms with van der Waals surface area (Å²) in [5, 5.41) is 20.7. The molecule has 3 rings (SSSR count). The summed E-state index contributed by atoms with van der Waals surface area (Å²) < 4.78 is 0. The molecule has 0 saturated carbocycles. The largest absolute Gasteiger partial charge is 0.351 e. The number of nitrogens with one attached hydrogen (secondary N) is 4. The summed E-state index contributed by atoms with van der Waals surface area (Å²) >= 11 is 0. The molecule has 0 aromatic rings. The molecule has 3 aliphatic rings. The molecule has 6 N–H and O–H groups in total. The first-order chi connectivity index (χ1) is 11.1. The van der Waals surface area contributed by atoms with Gasteiger partial charge in [-0.05, 0) is 24.8 Å². The van der Waals surface area contributed by atoms with Crippen molar-refractivity contribution < 1.29 is 4.79 Å². The summed E-state index contributed by atoms with van der Waals surface area (Å²) in [6.07, 6.45) is 1.07. The van der Waals surface area contributed by atoms with Gasteiger partial charge in [0.15, 0.2) is 0 Å². The van der Waals surface area contributed by atoms with Gasteiger partial charge in [0.2, 0.25) is 5.91 Å². The van der Waals surface area contributed by atoms with Crippen LogP contribution in [0.15, 0.2) is 0 Å². The van der Waals surface area contributed by atoms with E-state index in [2.05, 4.69) is 34.4 Å². The number of hydrazine groups is 1. The lowest BCUT2D eigenvalue weighted by atomic mass is 9.93. The Bertz CT molecular complexity index is 479. The van der Waals surface area contributed by atoms with Crippen molar-refractivity contribution in [1.29, 1.82) is 5.26 Å². The summed E-state index contributed by atoms with van der Waals surface area (Å²) in [6.45, 7) is 5.49. The van der Waals surface area contributed by atoms with Crippen LogP contribution in [-0.4, -0.2) is 55.5 Å². The number of hydrogen-bond donors (Lipinski definition) is 5. The van der Waals surface area contributed by atoms with Gasteiger partial charge in [0, 0.05) is 32.1 Å². The summed E-state index contributed by atoms with van der Waals surface area (Å²) in [5.41, 5.74) is 9.35. The molecular formula is C15H27N7O. The van der Waals surface area contributed by atoms with Crippen LogP contribution in [0.5, 0.6) is 0 Å². The third kappa shape index (κ3) is 3.49. The van der Waals surface area contributed by atoms with Gasteiger partial charge in [0.05, 0.1) is 24.3 Å². The molecule has 128 valence electrons. The Morgan fingerprint density at radius 3 is 3.04 bits per heavy atom. The number of rotatable bonds is 3. The van der Waals surface area contributed by atoms with Crippen LogP contribution in [0, 0.1) is 29.1 Å². The van der Waals surface area contributed by atoms with Crippen LogP contribution in [-0.2, 0) is 4.79 Å². The van der Waals surface area contributed by atoms with Gasteiger partial charge in [-0.1, -0.05) is 6.92 Å². The third-order valence-corrected chi connectivity index (χ3v) is 5.29. The van der Waals surface area contributed by atoms with Gasteiger partial charge in [-0.3, -0.25) is 10.1 Å². The van der Waals surface area contributed by atoms with Crippen molar-refractivity contribution >= 4 is 5.91 Å². The predicted octanol–water partition coefficient (Wildman–Crippen LogP) is -1.72. The van der Waals surface area contributed by atoms with Gasteiger partial charge in [-0.2, -0.15) is 5.26 Å². The molecule has 3 aliphatic heterocycles. The fraction of sp³-hybridized carbons (Fsp3) is 0.867. The van der Waals surface area contributed by atoms with Crippen molar-refractivity contribution in [2.75, 3.05) is 26.2 Å². The van der Waals surface area contributed by atoms with Crippen molar-refractivity contribution in [3.63, 3.8) is 0 Å². The molecule has 6 unspecified atom stereocenters. The summed E-state index contributed by atoms with van der Waals surface area (Å²) in [4.78, 5) is 12.8. The van der Waals surface area contributed by atoms with Crippen LogP contribution in [0.25, 0.3) is 0 Å². The van der Waals surface area contributed by atoms with E-state index in [1.54, 1.807) is 0 Å². The van der Waals surface area contributed by atoms with Crippen molar-refractivity contribution in [3.05, 3.63) is 0 Å². The smallest absolute Gasteiger partial charge is 0.229 e. The van der Waals surface area contributed by atoms with E-state index in [0.717, 1.165) is 32.6 Å². The molecule has 3 heterocycles. The maximum absolute atomic E-state index is 12.8. The van der Waals surface area contributed by atoms with Gasteiger partial charge in [-0.15, -0.1) is 0 Å². The van der Waals surface area contributed by atoms with E-state index in [1.807, 2.05) is 5.01 Å². The molecule has 3 fully saturated rings. The van der Waals surface area contributed by atoms with Gasteiger partial charge in [0.25, 0.3) is 0 Å². The lowest BCUT2D eigenvalue weighted by molar-refractivity contribution is -0.128. The summed E-state index contributed by atoms with van der Waals surface area (Å²) in [6, 6.07) is 2.37. The van der Waals surface area contributed by atoms with Crippen LogP contribution >= 0.6 is 0 Å². The van der Waals surface area contributed by atoms with Crippen LogP contribution in [0.1, 0.15) is 19.8 Å². The average Bonchev–Trinajstić information content (AvgIpc) is 2.85. The Morgan fingerprint density at radius 1 is 1.48 bits per heavy atom. The molecule has 3 saturated heterocycles. The highest BCUT2D eigenvalue weighted by atomic mass is 16.2. The Balaban J connectivity index is 1.61. The van der Waals surface area contributed by atoms with Crippen molar-refractivity contribution in [2.45, 2.75) is 38.1 Å². The van der Waals surface area contributed by atoms with E-state index >= 15 is 0 Å². The van der Waals surface area contributed by atoms with Crippen LogP contribution < -0.4 is 27.1 Å². The molecule has 1 amide bonds. The van der Waals surface area contributed by atoms with Gasteiger partial charge in [0.1, 0.15) is 0 Å². The number of nitriles is 1. The molecular weight excluding hydrogens is 294 g/mol. The average molecular weight is 321 g/mol. The maximum atomic E-state index is 12.8. The molecule has 23 heavy (non-hydrogen) atoms. The minimum Gasteiger partial charge on any atom is -0.351 e. The topological polar surface area (TPSA) is 118 Å². The first kappa shape index (κ1) is 16.6. The first-order valence-corrected chi connectivity index (χ1v) is 8.50. The predicted molar refractivity (Wildman–Crippen MR) is 85.4 cm³/mol. The monoisotopic (exact) mass is 321 g/mol. The Kier molecular flexibility index (Phi) is 5.14. The summed E-state index contributed by atoms with van der Waals surface area (Å²) in [7, 11) is 0. The van der Waals surface area contributed by atoms with E-state index < -0.39 is 6.17 Å². The van der Waals surface area contributed by atoms with Crippen molar-refractivity contribution in [2.24, 2.45) is 23.5 Å². The van der Waals surface area contributed by atoms with Crippen LogP contribution in [0.3, 0.4) is 0 Å². The maximum Gasteiger partial charge on any atom is 0.229 e. The number of amides is 1. The van der Waals surface area contributed by atoms with Gasteiger partial charge >= 0.3 is 0 Å². The second-order valence-electron chi connectivity index (χ2n) is 7.00. The number of nitrogens with two attached hydrogens (primary N) is 1. The summed E-state index contributed by atoms with van der Waals surface area (Å²) in [5.74, 6) is 0.415. The highest BCUT2D eigenvalue weighted by Gasteiger charge is 2.47. The fourth-order valence-electron chi connectivity index (χ4n) is 3.81. The zero-order valence-electron chi connectivity index (χ0n) is 13.6. The zero-order chi connectivity index (χ0) is 16.4. The normalized spacial score (nSPS) is 41.1. The highest BCUT2D eigenvalue weighted by molar-refractivity contribution is 5.80. The standard InChI is InChI=1S/C15H27N7O/c1-9-3-5-18-7-11(9)20-15(23)12-13(17)21-22-8-10(2-4-16)6-19-14(12)22/h9-14,18-19,21H,2-3,5-8,17H2,1H3,(H,20,23). The van der Waals surface area contributed by atoms with Gasteiger partial charge < -0.3 is 16.4 Å². The SMILES string of the molecule is CC1CCNCC1NC(=O)C1C(N)NN2CC(CC#N)CNC12. The molecule has 8 heteroatoms. The lowest BCUT2D eigenvalue weighted by Gasteiger charge is -2.37. The number of nitrogens with zero attached hydrogens (tertiary/aromatic N) is 2. The number of carbonyl (C=O) groups is 1. The number of piperidine rings is 1. The molecule has 0 aromatic heterocycles. The second-order valence-corrected chi connectivity index (χ2v) is 7.00. The fourth-order valence-corrected chi connectivity index (χ4v) is 3.81. The van der Waals surface area contributed by atoms with E-state index in [-0.39, 0.29) is 30.0 Å². The van der Waals surface area contributed by atoms with Gasteiger partial charge in [-0.25, -0.2) is 10.4 Å². The first-order valence-electron chi connectivity index (χ1n) is 8.50. The lowest BCUT2D eigenvalue weighted by Crippen LogP contribution is -2.59. The van der Waals surface area contributed by atoms with Crippen molar-refractivity contribution in [1.82, 2.24) is 26.4 Å². The molecule has 0 radical (unpaired) electrons. The Hall–Kier alpha value is -1.24. The second kappa shape index (κ2) is 7.11. The molecule has 0 spiro atoms. The molecule has 8 nitrogen and oxygen atoms in total. The minimum absolute atomic E-state index is 0.00397. The van der Waals surface area contributed by atoms with Crippen molar-refractivity contribution in [3.8, 4) is 6.07 Å².